The molecule has 0 N–H and O–H groups in total. The summed E-state index contributed by atoms with van der Waals surface area (Å²) in [7, 11) is -1.18. The number of halogens is 1. The van der Waals surface area contributed by atoms with E-state index in [4.69, 9.17) is 0 Å². The van der Waals surface area contributed by atoms with Gasteiger partial charge in [0.1, 0.15) is 8.07 Å². The van der Waals surface area contributed by atoms with Crippen molar-refractivity contribution in [2.75, 3.05) is 4.43 Å². The standard InChI is InChI=1S/C13H23ISi/c1-5-6-7-8-13(9-11-14)10-12-15(2,3)4/h5-6,13H,7-9,11H2,1-4H3/b6-5-. The van der Waals surface area contributed by atoms with E-state index in [1.165, 1.54) is 23.7 Å². The Balaban J connectivity index is 4.18. The summed E-state index contributed by atoms with van der Waals surface area (Å²) < 4.78 is 1.22. The molecule has 0 amide bonds. The highest BCUT2D eigenvalue weighted by Crippen LogP contribution is 2.13. The average molecular weight is 334 g/mol. The number of hydrogen-bond donors (Lipinski definition) is 0. The number of allylic oxidation sites excluding steroid dienone is 2. The van der Waals surface area contributed by atoms with E-state index in [1.54, 1.807) is 0 Å². The maximum atomic E-state index is 3.50. The predicted molar refractivity (Wildman–Crippen MR) is 82.2 cm³/mol. The predicted octanol–water partition coefficient (Wildman–Crippen LogP) is 4.66. The van der Waals surface area contributed by atoms with Gasteiger partial charge < -0.3 is 0 Å². The van der Waals surface area contributed by atoms with Gasteiger partial charge in [0.05, 0.1) is 0 Å². The van der Waals surface area contributed by atoms with Crippen molar-refractivity contribution in [1.82, 2.24) is 0 Å². The summed E-state index contributed by atoms with van der Waals surface area (Å²) in [4.78, 5) is 0. The second-order valence-corrected chi connectivity index (χ2v) is 10.7. The SMILES string of the molecule is C/C=C\CCC(C#C[Si](C)(C)C)CCI. The van der Waals surface area contributed by atoms with E-state index in [2.05, 4.69) is 72.8 Å². The highest BCUT2D eigenvalue weighted by molar-refractivity contribution is 14.1. The molecule has 0 aliphatic rings. The summed E-state index contributed by atoms with van der Waals surface area (Å²) in [6.45, 7) is 9.02. The number of rotatable bonds is 5. The van der Waals surface area contributed by atoms with Crippen molar-refractivity contribution in [3.05, 3.63) is 12.2 Å². The fourth-order valence-corrected chi connectivity index (χ4v) is 2.59. The lowest BCUT2D eigenvalue weighted by atomic mass is 10.0. The molecule has 0 spiro atoms. The fourth-order valence-electron chi connectivity index (χ4n) is 1.20. The first kappa shape index (κ1) is 15.2. The molecule has 0 aliphatic carbocycles. The van der Waals surface area contributed by atoms with E-state index in [1.807, 2.05) is 0 Å². The van der Waals surface area contributed by atoms with Crippen LogP contribution in [-0.2, 0) is 0 Å². The van der Waals surface area contributed by atoms with Crippen LogP contribution >= 0.6 is 22.6 Å². The lowest BCUT2D eigenvalue weighted by Gasteiger charge is -2.09. The molecular weight excluding hydrogens is 311 g/mol. The van der Waals surface area contributed by atoms with Crippen LogP contribution in [0.3, 0.4) is 0 Å². The van der Waals surface area contributed by atoms with E-state index in [9.17, 15) is 0 Å². The Hall–Kier alpha value is 0.247. The Kier molecular flexibility index (Phi) is 8.54. The first-order valence-electron chi connectivity index (χ1n) is 5.69. The topological polar surface area (TPSA) is 0 Å². The van der Waals surface area contributed by atoms with Gasteiger partial charge in [-0.2, -0.15) is 0 Å². The van der Waals surface area contributed by atoms with Gasteiger partial charge in [-0.15, -0.1) is 11.5 Å². The minimum absolute atomic E-state index is 0.616. The van der Waals surface area contributed by atoms with Crippen LogP contribution in [0.1, 0.15) is 26.2 Å². The van der Waals surface area contributed by atoms with Crippen LogP contribution in [0.4, 0.5) is 0 Å². The first-order chi connectivity index (χ1) is 6.99. The van der Waals surface area contributed by atoms with Crippen molar-refractivity contribution in [1.29, 1.82) is 0 Å². The Morgan fingerprint density at radius 3 is 2.40 bits per heavy atom. The summed E-state index contributed by atoms with van der Waals surface area (Å²) >= 11 is 2.45. The van der Waals surface area contributed by atoms with Gasteiger partial charge in [-0.3, -0.25) is 0 Å². The second-order valence-electron chi connectivity index (χ2n) is 4.84. The minimum Gasteiger partial charge on any atom is -0.132 e. The molecule has 0 bridgehead atoms. The van der Waals surface area contributed by atoms with Crippen LogP contribution in [0.15, 0.2) is 12.2 Å². The molecule has 0 heterocycles. The van der Waals surface area contributed by atoms with E-state index >= 15 is 0 Å². The smallest absolute Gasteiger partial charge is 0.129 e. The molecule has 0 aromatic rings. The Labute approximate surface area is 110 Å². The van der Waals surface area contributed by atoms with Crippen molar-refractivity contribution < 1.29 is 0 Å². The molecule has 0 nitrogen and oxygen atoms in total. The quantitative estimate of drug-likeness (QED) is 0.225. The molecule has 0 saturated heterocycles. The largest absolute Gasteiger partial charge is 0.132 e. The number of hydrogen-bond acceptors (Lipinski definition) is 0. The van der Waals surface area contributed by atoms with Crippen LogP contribution in [0.5, 0.6) is 0 Å². The third-order valence-corrected chi connectivity index (χ3v) is 3.54. The maximum Gasteiger partial charge on any atom is 0.129 e. The monoisotopic (exact) mass is 334 g/mol. The van der Waals surface area contributed by atoms with Crippen LogP contribution in [0, 0.1) is 17.4 Å². The lowest BCUT2D eigenvalue weighted by Crippen LogP contribution is -2.17. The van der Waals surface area contributed by atoms with Crippen molar-refractivity contribution in [2.24, 2.45) is 5.92 Å². The molecule has 1 unspecified atom stereocenters. The van der Waals surface area contributed by atoms with Crippen molar-refractivity contribution in [2.45, 2.75) is 45.8 Å². The molecule has 0 aliphatic heterocycles. The van der Waals surface area contributed by atoms with Gasteiger partial charge in [-0.25, -0.2) is 0 Å². The fraction of sp³-hybridized carbons (Fsp3) is 0.692. The highest BCUT2D eigenvalue weighted by atomic mass is 127. The summed E-state index contributed by atoms with van der Waals surface area (Å²) in [6.07, 6.45) is 8.03. The molecular formula is C13H23ISi. The van der Waals surface area contributed by atoms with E-state index < -0.39 is 8.07 Å². The molecule has 2 heteroatoms. The third kappa shape index (κ3) is 10.5. The van der Waals surface area contributed by atoms with Gasteiger partial charge >= 0.3 is 0 Å². The molecule has 86 valence electrons. The summed E-state index contributed by atoms with van der Waals surface area (Å²) in [6, 6.07) is 0. The molecule has 1 atom stereocenters. The van der Waals surface area contributed by atoms with Crippen LogP contribution in [0.2, 0.25) is 19.6 Å². The zero-order chi connectivity index (χ0) is 11.7. The Morgan fingerprint density at radius 1 is 1.27 bits per heavy atom. The van der Waals surface area contributed by atoms with E-state index in [-0.39, 0.29) is 0 Å². The molecule has 0 rings (SSSR count). The third-order valence-electron chi connectivity index (χ3n) is 2.03. The molecule has 0 aromatic carbocycles. The summed E-state index contributed by atoms with van der Waals surface area (Å²) in [5, 5.41) is 0. The van der Waals surface area contributed by atoms with Gasteiger partial charge in [0.2, 0.25) is 0 Å². The van der Waals surface area contributed by atoms with Gasteiger partial charge in [-0.1, -0.05) is 54.4 Å². The second kappa shape index (κ2) is 8.40. The zero-order valence-corrected chi connectivity index (χ0v) is 13.6. The van der Waals surface area contributed by atoms with Gasteiger partial charge in [-0.05, 0) is 26.2 Å². The van der Waals surface area contributed by atoms with Crippen LogP contribution < -0.4 is 0 Å². The molecule has 15 heavy (non-hydrogen) atoms. The van der Waals surface area contributed by atoms with E-state index in [0.29, 0.717) is 5.92 Å². The molecule has 0 aromatic heterocycles. The molecule has 0 saturated carbocycles. The van der Waals surface area contributed by atoms with Crippen molar-refractivity contribution in [3.8, 4) is 11.5 Å². The van der Waals surface area contributed by atoms with Crippen LogP contribution in [0.25, 0.3) is 0 Å². The Bertz CT molecular complexity index is 239. The summed E-state index contributed by atoms with van der Waals surface area (Å²) in [5.74, 6) is 4.11. The lowest BCUT2D eigenvalue weighted by molar-refractivity contribution is 0.607. The van der Waals surface area contributed by atoms with Gasteiger partial charge in [0, 0.05) is 10.3 Å². The number of alkyl halides is 1. The average Bonchev–Trinajstić information content (AvgIpc) is 2.13. The van der Waals surface area contributed by atoms with E-state index in [0.717, 1.165) is 0 Å². The highest BCUT2D eigenvalue weighted by Gasteiger charge is 2.09. The first-order valence-corrected chi connectivity index (χ1v) is 10.7. The maximum absolute atomic E-state index is 3.50. The van der Waals surface area contributed by atoms with Gasteiger partial charge in [0.15, 0.2) is 0 Å². The minimum atomic E-state index is -1.18. The van der Waals surface area contributed by atoms with Crippen molar-refractivity contribution in [3.63, 3.8) is 0 Å². The van der Waals surface area contributed by atoms with Crippen LogP contribution in [-0.4, -0.2) is 12.5 Å². The molecule has 0 radical (unpaired) electrons. The Morgan fingerprint density at radius 2 is 1.93 bits per heavy atom. The zero-order valence-electron chi connectivity index (χ0n) is 10.4. The van der Waals surface area contributed by atoms with Crippen molar-refractivity contribution >= 4 is 30.7 Å². The normalized spacial score (nSPS) is 13.7. The molecule has 0 fully saturated rings. The van der Waals surface area contributed by atoms with Gasteiger partial charge in [0.25, 0.3) is 0 Å². The summed E-state index contributed by atoms with van der Waals surface area (Å²) in [5.41, 5.74) is 3.50.